The van der Waals surface area contributed by atoms with Gasteiger partial charge in [-0.15, -0.1) is 0 Å². The van der Waals surface area contributed by atoms with Crippen LogP contribution in [-0.4, -0.2) is 24.5 Å². The van der Waals surface area contributed by atoms with Crippen LogP contribution in [0.2, 0.25) is 0 Å². The highest BCUT2D eigenvalue weighted by Gasteiger charge is 2.03. The van der Waals surface area contributed by atoms with Crippen LogP contribution >= 0.6 is 15.9 Å². The maximum atomic E-state index is 5.25. The zero-order chi connectivity index (χ0) is 9.68. The molecule has 1 aromatic rings. The highest BCUT2D eigenvalue weighted by atomic mass is 79.9. The third-order valence-electron chi connectivity index (χ3n) is 1.84. The van der Waals surface area contributed by atoms with Gasteiger partial charge in [-0.1, -0.05) is 34.1 Å². The summed E-state index contributed by atoms with van der Waals surface area (Å²) in [6.07, 6.45) is 0. The van der Waals surface area contributed by atoms with E-state index in [0.29, 0.717) is 0 Å². The molecule has 1 rings (SSSR count). The van der Waals surface area contributed by atoms with Crippen LogP contribution in [0.1, 0.15) is 5.56 Å². The SMILES string of the molecule is COc1ccccc1CN(C)CBr. The van der Waals surface area contributed by atoms with Crippen LogP contribution in [0.4, 0.5) is 0 Å². The Bertz CT molecular complexity index is 265. The standard InChI is InChI=1S/C10H14BrNO/c1-12(8-11)7-9-5-3-4-6-10(9)13-2/h3-6H,7-8H2,1-2H3. The highest BCUT2D eigenvalue weighted by molar-refractivity contribution is 9.09. The number of para-hydroxylation sites is 1. The minimum Gasteiger partial charge on any atom is -0.496 e. The maximum Gasteiger partial charge on any atom is 0.123 e. The van der Waals surface area contributed by atoms with Gasteiger partial charge in [0.25, 0.3) is 0 Å². The van der Waals surface area contributed by atoms with E-state index >= 15 is 0 Å². The molecule has 0 saturated heterocycles. The number of alkyl halides is 1. The first-order chi connectivity index (χ1) is 6.27. The van der Waals surface area contributed by atoms with E-state index < -0.39 is 0 Å². The minimum atomic E-state index is 0.866. The molecule has 0 N–H and O–H groups in total. The molecule has 0 bridgehead atoms. The van der Waals surface area contributed by atoms with Gasteiger partial charge in [0.15, 0.2) is 0 Å². The predicted molar refractivity (Wildman–Crippen MR) is 58.3 cm³/mol. The van der Waals surface area contributed by atoms with Gasteiger partial charge in [0.2, 0.25) is 0 Å². The van der Waals surface area contributed by atoms with Crippen molar-refractivity contribution in [3.8, 4) is 5.75 Å². The fourth-order valence-corrected chi connectivity index (χ4v) is 1.34. The first kappa shape index (κ1) is 10.5. The van der Waals surface area contributed by atoms with Crippen LogP contribution in [0.3, 0.4) is 0 Å². The molecule has 3 heteroatoms. The summed E-state index contributed by atoms with van der Waals surface area (Å²) in [6.45, 7) is 0.898. The third-order valence-corrected chi connectivity index (χ3v) is 2.69. The molecular formula is C10H14BrNO. The first-order valence-electron chi connectivity index (χ1n) is 4.14. The molecule has 0 aliphatic carbocycles. The Hall–Kier alpha value is -0.540. The van der Waals surface area contributed by atoms with Crippen LogP contribution < -0.4 is 4.74 Å². The Morgan fingerprint density at radius 3 is 2.69 bits per heavy atom. The molecule has 0 radical (unpaired) electrons. The lowest BCUT2D eigenvalue weighted by Gasteiger charge is -2.15. The summed E-state index contributed by atoms with van der Waals surface area (Å²) in [4.78, 5) is 2.16. The zero-order valence-corrected chi connectivity index (χ0v) is 9.54. The quantitative estimate of drug-likeness (QED) is 0.596. The van der Waals surface area contributed by atoms with Gasteiger partial charge in [-0.3, -0.25) is 4.90 Å². The van der Waals surface area contributed by atoms with E-state index in [2.05, 4.69) is 33.9 Å². The monoisotopic (exact) mass is 243 g/mol. The summed E-state index contributed by atoms with van der Waals surface area (Å²) in [5.74, 6) is 0.954. The number of hydrogen-bond donors (Lipinski definition) is 0. The average molecular weight is 244 g/mol. The van der Waals surface area contributed by atoms with Gasteiger partial charge < -0.3 is 4.74 Å². The summed E-state index contributed by atoms with van der Waals surface area (Å²) < 4.78 is 5.25. The van der Waals surface area contributed by atoms with Crippen molar-refractivity contribution in [2.45, 2.75) is 6.54 Å². The van der Waals surface area contributed by atoms with Gasteiger partial charge in [0.1, 0.15) is 5.75 Å². The number of rotatable bonds is 4. The molecule has 0 atom stereocenters. The smallest absolute Gasteiger partial charge is 0.123 e. The van der Waals surface area contributed by atoms with Crippen molar-refractivity contribution < 1.29 is 4.74 Å². The second-order valence-corrected chi connectivity index (χ2v) is 3.45. The third kappa shape index (κ3) is 3.01. The Labute approximate surface area is 87.6 Å². The number of benzene rings is 1. The van der Waals surface area contributed by atoms with Crippen LogP contribution in [0.25, 0.3) is 0 Å². The molecule has 0 aromatic heterocycles. The average Bonchev–Trinajstić information content (AvgIpc) is 2.18. The van der Waals surface area contributed by atoms with Crippen molar-refractivity contribution in [1.29, 1.82) is 0 Å². The Balaban J connectivity index is 2.74. The summed E-state index contributed by atoms with van der Waals surface area (Å²) in [6, 6.07) is 8.08. The summed E-state index contributed by atoms with van der Waals surface area (Å²) >= 11 is 3.40. The first-order valence-corrected chi connectivity index (χ1v) is 5.26. The van der Waals surface area contributed by atoms with E-state index in [4.69, 9.17) is 4.74 Å². The molecular weight excluding hydrogens is 230 g/mol. The van der Waals surface area contributed by atoms with E-state index in [1.807, 2.05) is 18.2 Å². The predicted octanol–water partition coefficient (Wildman–Crippen LogP) is 2.48. The van der Waals surface area contributed by atoms with Crippen molar-refractivity contribution in [3.05, 3.63) is 29.8 Å². The van der Waals surface area contributed by atoms with Crippen molar-refractivity contribution in [2.75, 3.05) is 19.6 Å². The van der Waals surface area contributed by atoms with Gasteiger partial charge in [-0.05, 0) is 13.1 Å². The van der Waals surface area contributed by atoms with Gasteiger partial charge in [0.05, 0.1) is 12.6 Å². The van der Waals surface area contributed by atoms with E-state index in [-0.39, 0.29) is 0 Å². The van der Waals surface area contributed by atoms with E-state index in [9.17, 15) is 0 Å². The Morgan fingerprint density at radius 2 is 2.08 bits per heavy atom. The Kier molecular flexibility index (Phi) is 4.25. The number of methoxy groups -OCH3 is 1. The number of halogens is 1. The molecule has 13 heavy (non-hydrogen) atoms. The lowest BCUT2D eigenvalue weighted by atomic mass is 10.2. The second-order valence-electron chi connectivity index (χ2n) is 2.95. The maximum absolute atomic E-state index is 5.25. The van der Waals surface area contributed by atoms with Crippen LogP contribution in [-0.2, 0) is 6.54 Å². The number of nitrogens with zero attached hydrogens (tertiary/aromatic N) is 1. The molecule has 0 heterocycles. The van der Waals surface area contributed by atoms with E-state index in [0.717, 1.165) is 17.7 Å². The zero-order valence-electron chi connectivity index (χ0n) is 7.96. The van der Waals surface area contributed by atoms with Crippen LogP contribution in [0.15, 0.2) is 24.3 Å². The van der Waals surface area contributed by atoms with Crippen LogP contribution in [0, 0.1) is 0 Å². The normalized spacial score (nSPS) is 10.5. The van der Waals surface area contributed by atoms with Gasteiger partial charge in [-0.2, -0.15) is 0 Å². The second kappa shape index (κ2) is 5.25. The Morgan fingerprint density at radius 1 is 1.38 bits per heavy atom. The molecule has 0 unspecified atom stereocenters. The van der Waals surface area contributed by atoms with Crippen molar-refractivity contribution in [3.63, 3.8) is 0 Å². The van der Waals surface area contributed by atoms with E-state index in [1.54, 1.807) is 7.11 Å². The highest BCUT2D eigenvalue weighted by Crippen LogP contribution is 2.18. The summed E-state index contributed by atoms with van der Waals surface area (Å²) in [7, 11) is 3.76. The lowest BCUT2D eigenvalue weighted by Crippen LogP contribution is -2.15. The number of ether oxygens (including phenoxy) is 1. The van der Waals surface area contributed by atoms with Crippen molar-refractivity contribution in [1.82, 2.24) is 4.90 Å². The van der Waals surface area contributed by atoms with E-state index in [1.165, 1.54) is 5.56 Å². The largest absolute Gasteiger partial charge is 0.496 e. The number of hydrogen-bond acceptors (Lipinski definition) is 2. The van der Waals surface area contributed by atoms with Crippen molar-refractivity contribution >= 4 is 15.9 Å². The molecule has 0 amide bonds. The fourth-order valence-electron chi connectivity index (χ4n) is 1.17. The molecule has 1 aromatic carbocycles. The fraction of sp³-hybridized carbons (Fsp3) is 0.400. The van der Waals surface area contributed by atoms with Crippen molar-refractivity contribution in [2.24, 2.45) is 0 Å². The molecule has 0 saturated carbocycles. The molecule has 0 spiro atoms. The molecule has 2 nitrogen and oxygen atoms in total. The topological polar surface area (TPSA) is 12.5 Å². The lowest BCUT2D eigenvalue weighted by molar-refractivity contribution is 0.365. The van der Waals surface area contributed by atoms with Gasteiger partial charge >= 0.3 is 0 Å². The van der Waals surface area contributed by atoms with Gasteiger partial charge in [-0.25, -0.2) is 0 Å². The van der Waals surface area contributed by atoms with Crippen LogP contribution in [0.5, 0.6) is 5.75 Å². The summed E-state index contributed by atoms with van der Waals surface area (Å²) in [5, 5.41) is 0. The molecule has 72 valence electrons. The molecule has 0 aliphatic rings. The summed E-state index contributed by atoms with van der Waals surface area (Å²) in [5.41, 5.74) is 2.08. The minimum absolute atomic E-state index is 0.866. The molecule has 0 fully saturated rings. The molecule has 0 aliphatic heterocycles. The van der Waals surface area contributed by atoms with Gasteiger partial charge in [0, 0.05) is 12.1 Å².